The van der Waals surface area contributed by atoms with E-state index in [0.717, 1.165) is 38.5 Å². The Morgan fingerprint density at radius 1 is 0.725 bits per heavy atom. The minimum Gasteiger partial charge on any atom is -0.370 e. The predicted molar refractivity (Wildman–Crippen MR) is 166 cm³/mol. The summed E-state index contributed by atoms with van der Waals surface area (Å²) < 4.78 is 0. The summed E-state index contributed by atoms with van der Waals surface area (Å²) >= 11 is 0. The van der Waals surface area contributed by atoms with Crippen molar-refractivity contribution in [2.24, 2.45) is 48.6 Å². The lowest BCUT2D eigenvalue weighted by Gasteiger charge is -2.22. The molecule has 0 atom stereocenters. The number of nitrogens with one attached hydrogen (secondary N) is 4. The van der Waals surface area contributed by atoms with Gasteiger partial charge in [-0.25, -0.2) is 0 Å². The number of unbranched alkanes of at least 4 members (excludes halogenated alkanes) is 4. The van der Waals surface area contributed by atoms with E-state index >= 15 is 0 Å². The molecule has 0 radical (unpaired) electrons. The maximum absolute atomic E-state index is 12.4. The molecular formula is C25H52N14O. The van der Waals surface area contributed by atoms with Crippen LogP contribution in [0.1, 0.15) is 71.1 Å². The smallest absolute Gasteiger partial charge is 0.223 e. The number of nitrogens with two attached hydrogens (primary N) is 5. The van der Waals surface area contributed by atoms with Crippen LogP contribution in [0.3, 0.4) is 0 Å². The van der Waals surface area contributed by atoms with Crippen molar-refractivity contribution < 1.29 is 4.79 Å². The maximum Gasteiger partial charge on any atom is 0.223 e. The Bertz CT molecular complexity index is 881. The van der Waals surface area contributed by atoms with Gasteiger partial charge in [0.15, 0.2) is 23.8 Å². The molecule has 15 nitrogen and oxygen atoms in total. The van der Waals surface area contributed by atoms with E-state index in [-0.39, 0.29) is 42.7 Å². The number of carbonyl (C=O) groups excluding carboxylic acids is 1. The van der Waals surface area contributed by atoms with Crippen molar-refractivity contribution in [3.05, 3.63) is 0 Å². The number of hydrogen-bond acceptors (Lipinski definition) is 8. The maximum atomic E-state index is 12.4. The van der Waals surface area contributed by atoms with Crippen LogP contribution < -0.4 is 39.3 Å². The van der Waals surface area contributed by atoms with Crippen LogP contribution in [0.2, 0.25) is 0 Å². The third-order valence-electron chi connectivity index (χ3n) is 5.60. The molecule has 0 heterocycles. The zero-order chi connectivity index (χ0) is 30.2. The zero-order valence-electron chi connectivity index (χ0n) is 24.3. The van der Waals surface area contributed by atoms with Gasteiger partial charge in [0, 0.05) is 70.6 Å². The van der Waals surface area contributed by atoms with Crippen LogP contribution in [0, 0.1) is 10.8 Å². The average molecular weight is 565 g/mol. The molecule has 0 unspecified atom stereocenters. The second-order valence-electron chi connectivity index (χ2n) is 9.36. The van der Waals surface area contributed by atoms with Crippen LogP contribution in [0.25, 0.3) is 0 Å². The number of aliphatic imine (C=N–C) groups is 4. The van der Waals surface area contributed by atoms with E-state index in [0.29, 0.717) is 63.4 Å². The van der Waals surface area contributed by atoms with E-state index < -0.39 is 0 Å². The molecule has 0 aromatic rings. The highest BCUT2D eigenvalue weighted by molar-refractivity contribution is 6.00. The molecule has 0 aromatic carbocycles. The number of guanidine groups is 4. The predicted octanol–water partition coefficient (Wildman–Crippen LogP) is -0.198. The highest BCUT2D eigenvalue weighted by Crippen LogP contribution is 2.07. The molecule has 228 valence electrons. The molecule has 0 aromatic heterocycles. The molecule has 0 saturated carbocycles. The molecule has 0 aliphatic heterocycles. The number of carbonyl (C=O) groups is 1. The lowest BCUT2D eigenvalue weighted by molar-refractivity contribution is -0.131. The fourth-order valence-electron chi connectivity index (χ4n) is 3.59. The van der Waals surface area contributed by atoms with Crippen LogP contribution in [0.4, 0.5) is 0 Å². The van der Waals surface area contributed by atoms with Gasteiger partial charge in [0.25, 0.3) is 0 Å². The van der Waals surface area contributed by atoms with Gasteiger partial charge < -0.3 is 44.4 Å². The first-order chi connectivity index (χ1) is 19.1. The van der Waals surface area contributed by atoms with Gasteiger partial charge in [-0.05, 0) is 39.0 Å². The lowest BCUT2D eigenvalue weighted by atomic mass is 10.1. The van der Waals surface area contributed by atoms with Gasteiger partial charge in [-0.1, -0.05) is 19.3 Å². The average Bonchev–Trinajstić information content (AvgIpc) is 2.88. The van der Waals surface area contributed by atoms with Crippen LogP contribution >= 0.6 is 0 Å². The van der Waals surface area contributed by atoms with Crippen molar-refractivity contribution in [2.75, 3.05) is 46.3 Å². The fraction of sp³-hybridized carbons (Fsp3) is 0.720. The highest BCUT2D eigenvalue weighted by Gasteiger charge is 2.12. The Kier molecular flexibility index (Phi) is 21.0. The molecule has 0 aliphatic carbocycles. The highest BCUT2D eigenvalue weighted by atomic mass is 16.2. The first kappa shape index (κ1) is 36.2. The first-order valence-electron chi connectivity index (χ1n) is 13.8. The van der Waals surface area contributed by atoms with Crippen LogP contribution in [-0.4, -0.2) is 92.4 Å². The van der Waals surface area contributed by atoms with Gasteiger partial charge in [-0.15, -0.1) is 0 Å². The minimum absolute atomic E-state index is 0.0243. The topological polar surface area (TPSA) is 272 Å². The second kappa shape index (κ2) is 23.2. The molecule has 0 aliphatic rings. The Hall–Kier alpha value is -3.75. The molecule has 0 fully saturated rings. The molecule has 0 spiro atoms. The lowest BCUT2D eigenvalue weighted by Crippen LogP contribution is -2.42. The van der Waals surface area contributed by atoms with Gasteiger partial charge in [0.1, 0.15) is 0 Å². The van der Waals surface area contributed by atoms with Crippen LogP contribution in [0.5, 0.6) is 0 Å². The Balaban J connectivity index is 4.28. The third kappa shape index (κ3) is 21.2. The van der Waals surface area contributed by atoms with E-state index in [1.54, 1.807) is 11.8 Å². The van der Waals surface area contributed by atoms with E-state index in [1.807, 2.05) is 0 Å². The van der Waals surface area contributed by atoms with Crippen molar-refractivity contribution in [2.45, 2.75) is 71.1 Å². The number of amides is 1. The Morgan fingerprint density at radius 3 is 1.70 bits per heavy atom. The van der Waals surface area contributed by atoms with Gasteiger partial charge in [-0.2, -0.15) is 0 Å². The molecule has 14 N–H and O–H groups in total. The third-order valence-corrected chi connectivity index (χ3v) is 5.60. The molecule has 0 saturated heterocycles. The van der Waals surface area contributed by atoms with Crippen LogP contribution in [0.15, 0.2) is 20.0 Å². The van der Waals surface area contributed by atoms with E-state index in [9.17, 15) is 4.79 Å². The summed E-state index contributed by atoms with van der Waals surface area (Å²) in [5.41, 5.74) is 29.8. The van der Waals surface area contributed by atoms with Gasteiger partial charge >= 0.3 is 0 Å². The SMILES string of the molecule is CN=C(N)NC(N)=NCCCN(CCCN=C(N)NC(N)=NCCCCCCCC(=N)CC(C)=N)C(=O)CCN. The number of nitrogens with zero attached hydrogens (tertiary/aromatic N) is 5. The summed E-state index contributed by atoms with van der Waals surface area (Å²) in [7, 11) is 1.54. The van der Waals surface area contributed by atoms with Crippen molar-refractivity contribution >= 4 is 41.2 Å². The first-order valence-corrected chi connectivity index (χ1v) is 13.8. The second-order valence-corrected chi connectivity index (χ2v) is 9.36. The molecule has 0 bridgehead atoms. The summed E-state index contributed by atoms with van der Waals surface area (Å²) in [6.45, 7) is 4.48. The van der Waals surface area contributed by atoms with E-state index in [4.69, 9.17) is 39.5 Å². The summed E-state index contributed by atoms with van der Waals surface area (Å²) in [5.74, 6) is 0.719. The molecule has 0 rings (SSSR count). The summed E-state index contributed by atoms with van der Waals surface area (Å²) in [4.78, 5) is 30.6. The molecule has 1 amide bonds. The summed E-state index contributed by atoms with van der Waals surface area (Å²) in [6, 6.07) is 0. The van der Waals surface area contributed by atoms with E-state index in [1.165, 1.54) is 7.05 Å². The normalized spacial score (nSPS) is 12.8. The monoisotopic (exact) mass is 564 g/mol. The van der Waals surface area contributed by atoms with Crippen molar-refractivity contribution in [1.29, 1.82) is 10.8 Å². The molecule has 40 heavy (non-hydrogen) atoms. The Morgan fingerprint density at radius 2 is 1.20 bits per heavy atom. The van der Waals surface area contributed by atoms with Crippen molar-refractivity contribution in [1.82, 2.24) is 15.5 Å². The zero-order valence-corrected chi connectivity index (χ0v) is 24.3. The van der Waals surface area contributed by atoms with Crippen LogP contribution in [-0.2, 0) is 4.79 Å². The molecule has 15 heteroatoms. The summed E-state index contributed by atoms with van der Waals surface area (Å²) in [5, 5.41) is 20.7. The molecular weight excluding hydrogens is 512 g/mol. The number of rotatable bonds is 20. The van der Waals surface area contributed by atoms with Gasteiger partial charge in [-0.3, -0.25) is 35.4 Å². The van der Waals surface area contributed by atoms with Crippen molar-refractivity contribution in [3.63, 3.8) is 0 Å². The number of hydrogen-bond donors (Lipinski definition) is 9. The van der Waals surface area contributed by atoms with Gasteiger partial charge in [0.05, 0.1) is 0 Å². The van der Waals surface area contributed by atoms with E-state index in [2.05, 4.69) is 30.6 Å². The van der Waals surface area contributed by atoms with Crippen molar-refractivity contribution in [3.8, 4) is 0 Å². The van der Waals surface area contributed by atoms with Gasteiger partial charge in [0.2, 0.25) is 5.91 Å². The standard InChI is InChI=1S/C25H52N14O/c1-19(27)18-20(28)10-6-4-3-5-7-13-34-24(31)38-25(32)36-15-9-17-39(21(40)11-12-26)16-8-14-35-23(30)37-22(29)33-2/h27-28H,3-18,26H2,1-2H3,(H5,29,30,33,35,37)(H5,31,32,34,36,38). The fourth-order valence-corrected chi connectivity index (χ4v) is 3.59. The summed E-state index contributed by atoms with van der Waals surface area (Å²) in [6.07, 6.45) is 7.84. The quantitative estimate of drug-likeness (QED) is 0.0541. The Labute approximate surface area is 238 Å². The minimum atomic E-state index is -0.0243. The largest absolute Gasteiger partial charge is 0.370 e.